The molecule has 0 saturated carbocycles. The van der Waals surface area contributed by atoms with E-state index in [9.17, 15) is 4.79 Å². The Morgan fingerprint density at radius 1 is 1.28 bits per heavy atom. The quantitative estimate of drug-likeness (QED) is 0.678. The summed E-state index contributed by atoms with van der Waals surface area (Å²) in [5, 5.41) is 0. The normalized spacial score (nSPS) is 18.2. The van der Waals surface area contributed by atoms with E-state index in [0.717, 1.165) is 13.0 Å². The lowest BCUT2D eigenvalue weighted by Crippen LogP contribution is -2.52. The molecule has 0 fully saturated rings. The molecule has 0 aliphatic rings. The average Bonchev–Trinajstić information content (AvgIpc) is 2.29. The standard InChI is InChI=1S/C14H30N2O2/c1-7-11(4)16(8-2)12(5)10-14(6,15)13(17)18-9-3/h11-12H,7-10,15H2,1-6H3. The maximum Gasteiger partial charge on any atom is 0.325 e. The van der Waals surface area contributed by atoms with Crippen molar-refractivity contribution in [1.29, 1.82) is 0 Å². The molecule has 2 N–H and O–H groups in total. The molecule has 18 heavy (non-hydrogen) atoms. The van der Waals surface area contributed by atoms with Gasteiger partial charge >= 0.3 is 5.97 Å². The molecule has 0 aromatic heterocycles. The zero-order valence-corrected chi connectivity index (χ0v) is 12.8. The van der Waals surface area contributed by atoms with Crippen LogP contribution in [0.2, 0.25) is 0 Å². The molecule has 0 amide bonds. The molecule has 0 aliphatic carbocycles. The van der Waals surface area contributed by atoms with Crippen molar-refractivity contribution in [2.75, 3.05) is 13.2 Å². The maximum absolute atomic E-state index is 11.8. The summed E-state index contributed by atoms with van der Waals surface area (Å²) in [6.45, 7) is 13.5. The van der Waals surface area contributed by atoms with Crippen LogP contribution in [-0.2, 0) is 9.53 Å². The summed E-state index contributed by atoms with van der Waals surface area (Å²) < 4.78 is 5.03. The third kappa shape index (κ3) is 4.94. The molecular formula is C14H30N2O2. The first-order valence-corrected chi connectivity index (χ1v) is 7.01. The van der Waals surface area contributed by atoms with Crippen molar-refractivity contribution in [1.82, 2.24) is 4.90 Å². The Morgan fingerprint density at radius 3 is 2.22 bits per heavy atom. The van der Waals surface area contributed by atoms with Crippen LogP contribution in [0.4, 0.5) is 0 Å². The number of carbonyl (C=O) groups excluding carboxylic acids is 1. The van der Waals surface area contributed by atoms with Gasteiger partial charge in [-0.25, -0.2) is 0 Å². The fourth-order valence-corrected chi connectivity index (χ4v) is 2.40. The molecule has 4 heteroatoms. The van der Waals surface area contributed by atoms with Crippen molar-refractivity contribution in [3.63, 3.8) is 0 Å². The van der Waals surface area contributed by atoms with Crippen molar-refractivity contribution in [2.45, 2.75) is 72.0 Å². The van der Waals surface area contributed by atoms with E-state index < -0.39 is 5.54 Å². The second kappa shape index (κ2) is 7.74. The lowest BCUT2D eigenvalue weighted by Gasteiger charge is -2.36. The molecule has 0 bridgehead atoms. The Balaban J connectivity index is 4.60. The van der Waals surface area contributed by atoms with Gasteiger partial charge in [-0.05, 0) is 47.1 Å². The maximum atomic E-state index is 11.8. The summed E-state index contributed by atoms with van der Waals surface area (Å²) >= 11 is 0. The van der Waals surface area contributed by atoms with Crippen LogP contribution in [0, 0.1) is 0 Å². The van der Waals surface area contributed by atoms with Crippen LogP contribution in [0.25, 0.3) is 0 Å². The number of ether oxygens (including phenoxy) is 1. The lowest BCUT2D eigenvalue weighted by atomic mass is 9.93. The second-order valence-corrected chi connectivity index (χ2v) is 5.28. The molecule has 0 rings (SSSR count). The minimum Gasteiger partial charge on any atom is -0.465 e. The summed E-state index contributed by atoms with van der Waals surface area (Å²) in [6, 6.07) is 0.771. The van der Waals surface area contributed by atoms with Crippen molar-refractivity contribution >= 4 is 5.97 Å². The number of carbonyl (C=O) groups is 1. The third-order valence-corrected chi connectivity index (χ3v) is 3.55. The summed E-state index contributed by atoms with van der Waals surface area (Å²) in [5.74, 6) is -0.308. The highest BCUT2D eigenvalue weighted by Crippen LogP contribution is 2.18. The van der Waals surface area contributed by atoms with E-state index in [2.05, 4.69) is 32.6 Å². The fraction of sp³-hybridized carbons (Fsp3) is 0.929. The van der Waals surface area contributed by atoms with E-state index in [0.29, 0.717) is 19.1 Å². The number of nitrogens with two attached hydrogens (primary N) is 1. The molecule has 3 unspecified atom stereocenters. The van der Waals surface area contributed by atoms with Gasteiger partial charge in [-0.2, -0.15) is 0 Å². The molecule has 0 aromatic carbocycles. The summed E-state index contributed by atoms with van der Waals surface area (Å²) in [5.41, 5.74) is 5.17. The van der Waals surface area contributed by atoms with Crippen molar-refractivity contribution < 1.29 is 9.53 Å². The summed E-state index contributed by atoms with van der Waals surface area (Å²) in [7, 11) is 0. The monoisotopic (exact) mass is 258 g/mol. The van der Waals surface area contributed by atoms with Crippen molar-refractivity contribution in [3.05, 3.63) is 0 Å². The predicted octanol–water partition coefficient (Wildman–Crippen LogP) is 2.17. The van der Waals surface area contributed by atoms with Crippen molar-refractivity contribution in [2.24, 2.45) is 5.73 Å². The van der Waals surface area contributed by atoms with Gasteiger partial charge in [-0.15, -0.1) is 0 Å². The highest BCUT2D eigenvalue weighted by atomic mass is 16.5. The molecule has 0 radical (unpaired) electrons. The van der Waals surface area contributed by atoms with Crippen LogP contribution in [0.1, 0.15) is 54.4 Å². The van der Waals surface area contributed by atoms with Gasteiger partial charge in [0, 0.05) is 12.1 Å². The largest absolute Gasteiger partial charge is 0.465 e. The number of rotatable bonds is 8. The number of hydrogen-bond acceptors (Lipinski definition) is 4. The number of esters is 1. The SMILES string of the molecule is CCOC(=O)C(C)(N)CC(C)N(CC)C(C)CC. The fourth-order valence-electron chi connectivity index (χ4n) is 2.40. The topological polar surface area (TPSA) is 55.6 Å². The Morgan fingerprint density at radius 2 is 1.83 bits per heavy atom. The number of hydrogen-bond donors (Lipinski definition) is 1. The van der Waals surface area contributed by atoms with E-state index >= 15 is 0 Å². The molecule has 0 spiro atoms. The number of nitrogens with zero attached hydrogens (tertiary/aromatic N) is 1. The highest BCUT2D eigenvalue weighted by Gasteiger charge is 2.33. The van der Waals surface area contributed by atoms with Crippen LogP contribution < -0.4 is 5.73 Å². The van der Waals surface area contributed by atoms with Gasteiger partial charge in [-0.3, -0.25) is 9.69 Å². The van der Waals surface area contributed by atoms with Gasteiger partial charge in [0.25, 0.3) is 0 Å². The molecule has 108 valence electrons. The van der Waals surface area contributed by atoms with E-state index in [1.165, 1.54) is 0 Å². The zero-order chi connectivity index (χ0) is 14.3. The van der Waals surface area contributed by atoms with Gasteiger partial charge in [0.05, 0.1) is 6.61 Å². The van der Waals surface area contributed by atoms with Gasteiger partial charge < -0.3 is 10.5 Å². The average molecular weight is 258 g/mol. The molecule has 4 nitrogen and oxygen atoms in total. The van der Waals surface area contributed by atoms with Crippen LogP contribution in [-0.4, -0.2) is 41.6 Å². The van der Waals surface area contributed by atoms with Gasteiger partial charge in [-0.1, -0.05) is 13.8 Å². The minimum absolute atomic E-state index is 0.268. The summed E-state index contributed by atoms with van der Waals surface area (Å²) in [6.07, 6.45) is 1.71. The van der Waals surface area contributed by atoms with E-state index in [-0.39, 0.29) is 12.0 Å². The molecular weight excluding hydrogens is 228 g/mol. The Bertz CT molecular complexity index is 254. The molecule has 0 aromatic rings. The second-order valence-electron chi connectivity index (χ2n) is 5.28. The lowest BCUT2D eigenvalue weighted by molar-refractivity contribution is -0.149. The van der Waals surface area contributed by atoms with E-state index in [4.69, 9.17) is 10.5 Å². The third-order valence-electron chi connectivity index (χ3n) is 3.55. The minimum atomic E-state index is -0.906. The first kappa shape index (κ1) is 17.4. The van der Waals surface area contributed by atoms with E-state index in [1.54, 1.807) is 13.8 Å². The molecule has 0 saturated heterocycles. The van der Waals surface area contributed by atoms with Crippen LogP contribution in [0.3, 0.4) is 0 Å². The summed E-state index contributed by atoms with van der Waals surface area (Å²) in [4.78, 5) is 14.2. The van der Waals surface area contributed by atoms with Crippen LogP contribution in [0.5, 0.6) is 0 Å². The van der Waals surface area contributed by atoms with Crippen LogP contribution in [0.15, 0.2) is 0 Å². The highest BCUT2D eigenvalue weighted by molar-refractivity contribution is 5.80. The first-order chi connectivity index (χ1) is 8.30. The first-order valence-electron chi connectivity index (χ1n) is 7.01. The zero-order valence-electron chi connectivity index (χ0n) is 12.8. The Kier molecular flexibility index (Phi) is 7.48. The molecule has 0 heterocycles. The molecule has 3 atom stereocenters. The van der Waals surface area contributed by atoms with Gasteiger partial charge in [0.2, 0.25) is 0 Å². The van der Waals surface area contributed by atoms with Crippen LogP contribution >= 0.6 is 0 Å². The Labute approximate surface area is 112 Å². The van der Waals surface area contributed by atoms with Crippen molar-refractivity contribution in [3.8, 4) is 0 Å². The van der Waals surface area contributed by atoms with E-state index in [1.807, 2.05) is 0 Å². The smallest absolute Gasteiger partial charge is 0.325 e. The van der Waals surface area contributed by atoms with Gasteiger partial charge in [0.1, 0.15) is 5.54 Å². The Hall–Kier alpha value is -0.610. The van der Waals surface area contributed by atoms with Gasteiger partial charge in [0.15, 0.2) is 0 Å². The molecule has 0 aliphatic heterocycles. The predicted molar refractivity (Wildman–Crippen MR) is 75.4 cm³/mol.